The standard InChI is InChI=1S/C8H13F3N2O4/c9-8(10,11)5-13(3-4-14)7(17)12-2-1-6(15)16/h14H,1-5H2,(H,12,17)(H,15,16). The molecule has 0 atom stereocenters. The Morgan fingerprint density at radius 3 is 2.29 bits per heavy atom. The topological polar surface area (TPSA) is 89.9 Å². The predicted octanol–water partition coefficient (Wildman–Crippen LogP) is 0.0273. The first kappa shape index (κ1) is 15.5. The van der Waals surface area contributed by atoms with E-state index in [0.29, 0.717) is 4.90 Å². The second-order valence-corrected chi connectivity index (χ2v) is 3.14. The monoisotopic (exact) mass is 258 g/mol. The van der Waals surface area contributed by atoms with Crippen molar-refractivity contribution in [1.82, 2.24) is 10.2 Å². The van der Waals surface area contributed by atoms with E-state index in [9.17, 15) is 22.8 Å². The van der Waals surface area contributed by atoms with Crippen LogP contribution in [0.3, 0.4) is 0 Å². The lowest BCUT2D eigenvalue weighted by atomic mass is 10.4. The maximum atomic E-state index is 12.0. The van der Waals surface area contributed by atoms with Crippen molar-refractivity contribution < 1.29 is 33.0 Å². The molecule has 3 N–H and O–H groups in total. The van der Waals surface area contributed by atoms with Gasteiger partial charge in [-0.25, -0.2) is 4.79 Å². The van der Waals surface area contributed by atoms with E-state index in [2.05, 4.69) is 0 Å². The molecule has 0 aliphatic carbocycles. The highest BCUT2D eigenvalue weighted by atomic mass is 19.4. The zero-order valence-electron chi connectivity index (χ0n) is 8.83. The summed E-state index contributed by atoms with van der Waals surface area (Å²) in [4.78, 5) is 21.7. The van der Waals surface area contributed by atoms with Gasteiger partial charge >= 0.3 is 18.2 Å². The molecule has 0 radical (unpaired) electrons. The second kappa shape index (κ2) is 6.94. The fourth-order valence-corrected chi connectivity index (χ4v) is 0.978. The highest BCUT2D eigenvalue weighted by molar-refractivity contribution is 5.75. The van der Waals surface area contributed by atoms with Gasteiger partial charge < -0.3 is 20.4 Å². The summed E-state index contributed by atoms with van der Waals surface area (Å²) in [5, 5.41) is 18.8. The van der Waals surface area contributed by atoms with Gasteiger partial charge in [0.05, 0.1) is 13.0 Å². The minimum Gasteiger partial charge on any atom is -0.481 e. The number of aliphatic hydroxyl groups is 1. The lowest BCUT2D eigenvalue weighted by Gasteiger charge is -2.23. The highest BCUT2D eigenvalue weighted by Crippen LogP contribution is 2.16. The minimum absolute atomic E-state index is 0.270. The largest absolute Gasteiger partial charge is 0.481 e. The molecule has 0 aromatic rings. The molecular weight excluding hydrogens is 245 g/mol. The third kappa shape index (κ3) is 8.31. The molecule has 6 nitrogen and oxygen atoms in total. The molecule has 17 heavy (non-hydrogen) atoms. The van der Waals surface area contributed by atoms with Crippen molar-refractivity contribution in [3.63, 3.8) is 0 Å². The SMILES string of the molecule is O=C(O)CCNC(=O)N(CCO)CC(F)(F)F. The van der Waals surface area contributed by atoms with Crippen LogP contribution in [0.1, 0.15) is 6.42 Å². The first-order chi connectivity index (χ1) is 7.76. The van der Waals surface area contributed by atoms with Crippen molar-refractivity contribution in [3.8, 4) is 0 Å². The van der Waals surface area contributed by atoms with Crippen LogP contribution in [0.2, 0.25) is 0 Å². The Balaban J connectivity index is 4.19. The number of urea groups is 1. The molecule has 0 heterocycles. The van der Waals surface area contributed by atoms with Crippen molar-refractivity contribution in [1.29, 1.82) is 0 Å². The van der Waals surface area contributed by atoms with Gasteiger partial charge in [-0.3, -0.25) is 4.79 Å². The number of carbonyl (C=O) groups excluding carboxylic acids is 1. The molecule has 0 rings (SSSR count). The normalized spacial score (nSPS) is 11.1. The second-order valence-electron chi connectivity index (χ2n) is 3.14. The Morgan fingerprint density at radius 1 is 1.29 bits per heavy atom. The van der Waals surface area contributed by atoms with Crippen molar-refractivity contribution in [3.05, 3.63) is 0 Å². The zero-order valence-corrected chi connectivity index (χ0v) is 8.83. The number of aliphatic carboxylic acids is 1. The first-order valence-corrected chi connectivity index (χ1v) is 4.68. The van der Waals surface area contributed by atoms with Gasteiger partial charge in [-0.05, 0) is 0 Å². The van der Waals surface area contributed by atoms with E-state index in [4.69, 9.17) is 10.2 Å². The van der Waals surface area contributed by atoms with Gasteiger partial charge in [-0.2, -0.15) is 13.2 Å². The van der Waals surface area contributed by atoms with Crippen LogP contribution in [0, 0.1) is 0 Å². The molecule has 0 spiro atoms. The van der Waals surface area contributed by atoms with E-state index in [0.717, 1.165) is 0 Å². The Hall–Kier alpha value is -1.51. The van der Waals surface area contributed by atoms with E-state index in [-0.39, 0.29) is 13.0 Å². The lowest BCUT2D eigenvalue weighted by Crippen LogP contribution is -2.46. The molecule has 9 heteroatoms. The summed E-state index contributed by atoms with van der Waals surface area (Å²) < 4.78 is 36.1. The smallest absolute Gasteiger partial charge is 0.406 e. The number of nitrogens with zero attached hydrogens (tertiary/aromatic N) is 1. The molecular formula is C8H13F3N2O4. The summed E-state index contributed by atoms with van der Waals surface area (Å²) >= 11 is 0. The van der Waals surface area contributed by atoms with Crippen LogP contribution in [-0.4, -0.2) is 59.5 Å². The number of carbonyl (C=O) groups is 2. The summed E-state index contributed by atoms with van der Waals surface area (Å²) in [5.74, 6) is -1.17. The van der Waals surface area contributed by atoms with Gasteiger partial charge in [-0.15, -0.1) is 0 Å². The quantitative estimate of drug-likeness (QED) is 0.627. The number of aliphatic hydroxyl groups excluding tert-OH is 1. The van der Waals surface area contributed by atoms with Gasteiger partial charge in [0.2, 0.25) is 0 Å². The average Bonchev–Trinajstić information content (AvgIpc) is 2.14. The molecule has 0 bridgehead atoms. The van der Waals surface area contributed by atoms with Crippen LogP contribution in [0.15, 0.2) is 0 Å². The summed E-state index contributed by atoms with van der Waals surface area (Å²) in [6.07, 6.45) is -4.95. The van der Waals surface area contributed by atoms with Gasteiger partial charge in [-0.1, -0.05) is 0 Å². The van der Waals surface area contributed by atoms with E-state index in [1.165, 1.54) is 0 Å². The van der Waals surface area contributed by atoms with Gasteiger partial charge in [0, 0.05) is 13.1 Å². The Kier molecular flexibility index (Phi) is 6.33. The number of amides is 2. The lowest BCUT2D eigenvalue weighted by molar-refractivity contribution is -0.141. The fourth-order valence-electron chi connectivity index (χ4n) is 0.978. The molecule has 0 aliphatic heterocycles. The Morgan fingerprint density at radius 2 is 1.88 bits per heavy atom. The minimum atomic E-state index is -4.57. The van der Waals surface area contributed by atoms with Crippen LogP contribution >= 0.6 is 0 Å². The van der Waals surface area contributed by atoms with Crippen LogP contribution in [0.4, 0.5) is 18.0 Å². The van der Waals surface area contributed by atoms with Gasteiger partial charge in [0.1, 0.15) is 6.54 Å². The molecule has 0 saturated carbocycles. The number of hydrogen-bond acceptors (Lipinski definition) is 3. The Labute approximate surface area is 95.0 Å². The maximum Gasteiger partial charge on any atom is 0.406 e. The first-order valence-electron chi connectivity index (χ1n) is 4.68. The number of alkyl halides is 3. The van der Waals surface area contributed by atoms with E-state index in [1.807, 2.05) is 5.32 Å². The number of nitrogens with one attached hydrogen (secondary N) is 1. The van der Waals surface area contributed by atoms with Crippen molar-refractivity contribution >= 4 is 12.0 Å². The van der Waals surface area contributed by atoms with Crippen LogP contribution in [-0.2, 0) is 4.79 Å². The van der Waals surface area contributed by atoms with Crippen molar-refractivity contribution in [2.75, 3.05) is 26.2 Å². The maximum absolute atomic E-state index is 12.0. The van der Waals surface area contributed by atoms with E-state index in [1.54, 1.807) is 0 Å². The van der Waals surface area contributed by atoms with Gasteiger partial charge in [0.15, 0.2) is 0 Å². The van der Waals surface area contributed by atoms with Gasteiger partial charge in [0.25, 0.3) is 0 Å². The third-order valence-corrected chi connectivity index (χ3v) is 1.64. The molecule has 0 aromatic carbocycles. The predicted molar refractivity (Wildman–Crippen MR) is 50.4 cm³/mol. The van der Waals surface area contributed by atoms with Crippen LogP contribution in [0.25, 0.3) is 0 Å². The summed E-state index contributed by atoms with van der Waals surface area (Å²) in [7, 11) is 0. The molecule has 2 amide bonds. The van der Waals surface area contributed by atoms with Crippen LogP contribution < -0.4 is 5.32 Å². The zero-order chi connectivity index (χ0) is 13.5. The number of hydrogen-bond donors (Lipinski definition) is 3. The molecule has 0 aromatic heterocycles. The highest BCUT2D eigenvalue weighted by Gasteiger charge is 2.32. The molecule has 0 fully saturated rings. The van der Waals surface area contributed by atoms with E-state index < -0.39 is 37.9 Å². The number of rotatable bonds is 6. The summed E-state index contributed by atoms with van der Waals surface area (Å²) in [6.45, 7) is -2.85. The van der Waals surface area contributed by atoms with Crippen molar-refractivity contribution in [2.24, 2.45) is 0 Å². The molecule has 0 saturated heterocycles. The summed E-state index contributed by atoms with van der Waals surface area (Å²) in [5.41, 5.74) is 0. The third-order valence-electron chi connectivity index (χ3n) is 1.64. The summed E-state index contributed by atoms with van der Waals surface area (Å²) in [6, 6.07) is -1.06. The molecule has 0 aliphatic rings. The van der Waals surface area contributed by atoms with Crippen LogP contribution in [0.5, 0.6) is 0 Å². The molecule has 0 unspecified atom stereocenters. The molecule has 100 valence electrons. The number of carboxylic acid groups (broad SMARTS) is 1. The number of carboxylic acids is 1. The van der Waals surface area contributed by atoms with E-state index >= 15 is 0 Å². The van der Waals surface area contributed by atoms with Crippen molar-refractivity contribution in [2.45, 2.75) is 12.6 Å². The number of halogens is 3. The fraction of sp³-hybridized carbons (Fsp3) is 0.750. The average molecular weight is 258 g/mol. The Bertz CT molecular complexity index is 270.